The summed E-state index contributed by atoms with van der Waals surface area (Å²) < 4.78 is 1.94. The van der Waals surface area contributed by atoms with Crippen molar-refractivity contribution in [1.29, 1.82) is 0 Å². The fraction of sp³-hybridized carbons (Fsp3) is 0.312. The van der Waals surface area contributed by atoms with Gasteiger partial charge in [0.25, 0.3) is 0 Å². The standard InChI is InChI=1S/C16H19N5/c1-12(2)21-15(19-11-20-21)10-17-9-14-6-3-5-13-7-4-8-18-16(13)14/h3-8,11-12,17H,9-10H2,1-2H3. The van der Waals surface area contributed by atoms with Gasteiger partial charge in [-0.3, -0.25) is 4.98 Å². The highest BCUT2D eigenvalue weighted by atomic mass is 15.3. The third-order valence-corrected chi connectivity index (χ3v) is 3.45. The van der Waals surface area contributed by atoms with Crippen LogP contribution in [0.5, 0.6) is 0 Å². The average molecular weight is 281 g/mol. The summed E-state index contributed by atoms with van der Waals surface area (Å²) in [5, 5.41) is 8.84. The quantitative estimate of drug-likeness (QED) is 0.781. The molecule has 2 aromatic heterocycles. The Kier molecular flexibility index (Phi) is 3.92. The lowest BCUT2D eigenvalue weighted by Gasteiger charge is -2.10. The Balaban J connectivity index is 1.71. The summed E-state index contributed by atoms with van der Waals surface area (Å²) in [5.74, 6) is 0.957. The van der Waals surface area contributed by atoms with E-state index in [1.54, 1.807) is 6.33 Å². The van der Waals surface area contributed by atoms with Gasteiger partial charge in [0.1, 0.15) is 12.2 Å². The Morgan fingerprint density at radius 1 is 1.10 bits per heavy atom. The van der Waals surface area contributed by atoms with Crippen LogP contribution < -0.4 is 5.32 Å². The zero-order chi connectivity index (χ0) is 14.7. The lowest BCUT2D eigenvalue weighted by atomic mass is 10.1. The van der Waals surface area contributed by atoms with Crippen LogP contribution in [0.4, 0.5) is 0 Å². The third-order valence-electron chi connectivity index (χ3n) is 3.45. The molecule has 5 heteroatoms. The number of hydrogen-bond donors (Lipinski definition) is 1. The van der Waals surface area contributed by atoms with Crippen LogP contribution in [0.3, 0.4) is 0 Å². The maximum Gasteiger partial charge on any atom is 0.141 e. The van der Waals surface area contributed by atoms with Crippen LogP contribution in [0.1, 0.15) is 31.3 Å². The minimum atomic E-state index is 0.323. The number of benzene rings is 1. The second-order valence-corrected chi connectivity index (χ2v) is 5.31. The number of nitrogens with zero attached hydrogens (tertiary/aromatic N) is 4. The van der Waals surface area contributed by atoms with E-state index >= 15 is 0 Å². The molecule has 0 amide bonds. The molecule has 0 aliphatic heterocycles. The molecule has 5 nitrogen and oxygen atoms in total. The Labute approximate surface area is 124 Å². The fourth-order valence-corrected chi connectivity index (χ4v) is 2.45. The van der Waals surface area contributed by atoms with Gasteiger partial charge >= 0.3 is 0 Å². The summed E-state index contributed by atoms with van der Waals surface area (Å²) in [6.07, 6.45) is 3.44. The molecule has 0 spiro atoms. The van der Waals surface area contributed by atoms with Crippen molar-refractivity contribution < 1.29 is 0 Å². The van der Waals surface area contributed by atoms with Gasteiger partial charge in [0.15, 0.2) is 0 Å². The summed E-state index contributed by atoms with van der Waals surface area (Å²) in [6, 6.07) is 10.6. The predicted octanol–water partition coefficient (Wildman–Crippen LogP) is 2.70. The number of aromatic nitrogens is 4. The zero-order valence-electron chi connectivity index (χ0n) is 12.3. The first-order valence-corrected chi connectivity index (χ1v) is 7.17. The van der Waals surface area contributed by atoms with Gasteiger partial charge in [0.2, 0.25) is 0 Å². The molecule has 3 aromatic rings. The average Bonchev–Trinajstić information content (AvgIpc) is 2.96. The molecule has 2 heterocycles. The molecule has 0 aliphatic carbocycles. The van der Waals surface area contributed by atoms with Gasteiger partial charge in [-0.2, -0.15) is 5.10 Å². The van der Waals surface area contributed by atoms with Gasteiger partial charge in [0, 0.05) is 24.2 Å². The molecule has 0 atom stereocenters. The molecule has 0 bridgehead atoms. The van der Waals surface area contributed by atoms with Crippen molar-refractivity contribution in [3.63, 3.8) is 0 Å². The topological polar surface area (TPSA) is 55.6 Å². The van der Waals surface area contributed by atoms with Crippen molar-refractivity contribution in [2.75, 3.05) is 0 Å². The van der Waals surface area contributed by atoms with E-state index < -0.39 is 0 Å². The van der Waals surface area contributed by atoms with Crippen LogP contribution in [0.2, 0.25) is 0 Å². The molecule has 0 fully saturated rings. The maximum absolute atomic E-state index is 4.47. The minimum absolute atomic E-state index is 0.323. The third kappa shape index (κ3) is 2.92. The Morgan fingerprint density at radius 2 is 1.95 bits per heavy atom. The first kappa shape index (κ1) is 13.7. The molecule has 0 unspecified atom stereocenters. The van der Waals surface area contributed by atoms with E-state index in [1.165, 1.54) is 10.9 Å². The molecule has 1 aromatic carbocycles. The number of nitrogens with one attached hydrogen (secondary N) is 1. The molecule has 0 saturated heterocycles. The number of fused-ring (bicyclic) bond motifs is 1. The van der Waals surface area contributed by atoms with E-state index in [0.717, 1.165) is 17.9 Å². The van der Waals surface area contributed by atoms with E-state index in [4.69, 9.17) is 0 Å². The van der Waals surface area contributed by atoms with Gasteiger partial charge in [-0.15, -0.1) is 0 Å². The van der Waals surface area contributed by atoms with E-state index in [-0.39, 0.29) is 0 Å². The lowest BCUT2D eigenvalue weighted by Crippen LogP contribution is -2.18. The van der Waals surface area contributed by atoms with Crippen molar-refractivity contribution >= 4 is 10.9 Å². The van der Waals surface area contributed by atoms with Gasteiger partial charge in [0.05, 0.1) is 12.1 Å². The molecule has 1 N–H and O–H groups in total. The number of para-hydroxylation sites is 1. The van der Waals surface area contributed by atoms with Crippen LogP contribution in [-0.4, -0.2) is 19.7 Å². The van der Waals surface area contributed by atoms with E-state index in [2.05, 4.69) is 58.5 Å². The molecular weight excluding hydrogens is 262 g/mol. The number of hydrogen-bond acceptors (Lipinski definition) is 4. The minimum Gasteiger partial charge on any atom is -0.306 e. The number of rotatable bonds is 5. The van der Waals surface area contributed by atoms with E-state index in [1.807, 2.05) is 16.9 Å². The smallest absolute Gasteiger partial charge is 0.141 e. The molecule has 3 rings (SSSR count). The molecule has 0 radical (unpaired) electrons. The molecule has 0 saturated carbocycles. The van der Waals surface area contributed by atoms with Crippen molar-refractivity contribution in [2.45, 2.75) is 33.0 Å². The van der Waals surface area contributed by atoms with Crippen LogP contribution in [-0.2, 0) is 13.1 Å². The molecule has 108 valence electrons. The van der Waals surface area contributed by atoms with Gasteiger partial charge in [-0.05, 0) is 25.5 Å². The van der Waals surface area contributed by atoms with Crippen LogP contribution in [0.25, 0.3) is 10.9 Å². The van der Waals surface area contributed by atoms with Crippen LogP contribution in [0, 0.1) is 0 Å². The number of pyridine rings is 1. The molecule has 0 aliphatic rings. The fourth-order valence-electron chi connectivity index (χ4n) is 2.45. The second kappa shape index (κ2) is 6.01. The summed E-state index contributed by atoms with van der Waals surface area (Å²) in [4.78, 5) is 8.77. The van der Waals surface area contributed by atoms with Crippen LogP contribution >= 0.6 is 0 Å². The highest BCUT2D eigenvalue weighted by Crippen LogP contribution is 2.15. The summed E-state index contributed by atoms with van der Waals surface area (Å²) in [7, 11) is 0. The highest BCUT2D eigenvalue weighted by molar-refractivity contribution is 5.81. The SMILES string of the molecule is CC(C)n1ncnc1CNCc1cccc2cccnc12. The predicted molar refractivity (Wildman–Crippen MR) is 82.7 cm³/mol. The van der Waals surface area contributed by atoms with Crippen molar-refractivity contribution in [3.05, 3.63) is 54.2 Å². The Hall–Kier alpha value is -2.27. The van der Waals surface area contributed by atoms with Crippen molar-refractivity contribution in [1.82, 2.24) is 25.1 Å². The second-order valence-electron chi connectivity index (χ2n) is 5.31. The van der Waals surface area contributed by atoms with E-state index in [0.29, 0.717) is 12.6 Å². The summed E-state index contributed by atoms with van der Waals surface area (Å²) in [5.41, 5.74) is 2.25. The lowest BCUT2D eigenvalue weighted by molar-refractivity contribution is 0.490. The van der Waals surface area contributed by atoms with Crippen LogP contribution in [0.15, 0.2) is 42.9 Å². The first-order valence-electron chi connectivity index (χ1n) is 7.17. The normalized spacial score (nSPS) is 11.4. The highest BCUT2D eigenvalue weighted by Gasteiger charge is 2.07. The first-order chi connectivity index (χ1) is 10.3. The van der Waals surface area contributed by atoms with Crippen molar-refractivity contribution in [2.24, 2.45) is 0 Å². The largest absolute Gasteiger partial charge is 0.306 e. The summed E-state index contributed by atoms with van der Waals surface area (Å²) >= 11 is 0. The monoisotopic (exact) mass is 281 g/mol. The van der Waals surface area contributed by atoms with Gasteiger partial charge in [-0.1, -0.05) is 24.3 Å². The Morgan fingerprint density at radius 3 is 2.81 bits per heavy atom. The zero-order valence-corrected chi connectivity index (χ0v) is 12.3. The van der Waals surface area contributed by atoms with Crippen molar-refractivity contribution in [3.8, 4) is 0 Å². The molecular formula is C16H19N5. The Bertz CT molecular complexity index is 727. The van der Waals surface area contributed by atoms with Gasteiger partial charge < -0.3 is 5.32 Å². The molecule has 21 heavy (non-hydrogen) atoms. The van der Waals surface area contributed by atoms with E-state index in [9.17, 15) is 0 Å². The summed E-state index contributed by atoms with van der Waals surface area (Å²) in [6.45, 7) is 5.67. The maximum atomic E-state index is 4.47. The van der Waals surface area contributed by atoms with Gasteiger partial charge in [-0.25, -0.2) is 9.67 Å².